The van der Waals surface area contributed by atoms with Crippen molar-refractivity contribution in [1.82, 2.24) is 0 Å². The van der Waals surface area contributed by atoms with Gasteiger partial charge < -0.3 is 29.6 Å². The summed E-state index contributed by atoms with van der Waals surface area (Å²) >= 11 is 0. The largest absolute Gasteiger partial charge is 3.00 e. The van der Waals surface area contributed by atoms with Crippen molar-refractivity contribution in [3.8, 4) is 0 Å². The van der Waals surface area contributed by atoms with Crippen LogP contribution in [0.15, 0.2) is 18.2 Å². The molecule has 0 aliphatic heterocycles. The van der Waals surface area contributed by atoms with Crippen LogP contribution in [0.5, 0.6) is 0 Å². The third-order valence-corrected chi connectivity index (χ3v) is 0.586. The van der Waals surface area contributed by atoms with Crippen LogP contribution in [0.4, 0.5) is 0 Å². The van der Waals surface area contributed by atoms with Crippen LogP contribution in [-0.4, -0.2) is 13.1 Å². The molecule has 0 saturated carbocycles. The Morgan fingerprint density at radius 1 is 1.23 bits per heavy atom. The number of hydrogen-bond donors (Lipinski definition) is 1. The summed E-state index contributed by atoms with van der Waals surface area (Å²) in [5, 5.41) is 0. The average molecular weight is 274 g/mol. The Bertz CT molecular complexity index is 128. The van der Waals surface area contributed by atoms with Crippen LogP contribution >= 0.6 is 0 Å². The first-order valence-corrected chi connectivity index (χ1v) is 6.89. The quantitative estimate of drug-likeness (QED) is 0.354. The van der Waals surface area contributed by atoms with Gasteiger partial charge in [-0.25, -0.2) is 12.2 Å². The smallest absolute Gasteiger partial charge is 1.00 e. The summed E-state index contributed by atoms with van der Waals surface area (Å²) in [6.07, 6.45) is 10.0. The summed E-state index contributed by atoms with van der Waals surface area (Å²) in [6, 6.07) is 0. The summed E-state index contributed by atoms with van der Waals surface area (Å²) < 4.78 is 0. The van der Waals surface area contributed by atoms with Crippen molar-refractivity contribution >= 4 is 8.32 Å². The third kappa shape index (κ3) is 43.9. The molecular formula is C8H15Cl2OSiTi. The van der Waals surface area contributed by atoms with Gasteiger partial charge in [-0.3, -0.25) is 6.08 Å². The van der Waals surface area contributed by atoms with E-state index in [1.807, 2.05) is 31.8 Å². The second kappa shape index (κ2) is 13.0. The predicted molar refractivity (Wildman–Crippen MR) is 47.1 cm³/mol. The van der Waals surface area contributed by atoms with Crippen molar-refractivity contribution in [2.24, 2.45) is 0 Å². The molecule has 1 aliphatic carbocycles. The van der Waals surface area contributed by atoms with E-state index < -0.39 is 8.32 Å². The normalized spacial score (nSPS) is 11.4. The molecule has 0 aromatic carbocycles. The molecule has 0 spiro atoms. The van der Waals surface area contributed by atoms with Gasteiger partial charge in [0.25, 0.3) is 0 Å². The van der Waals surface area contributed by atoms with Gasteiger partial charge in [0, 0.05) is 0 Å². The van der Waals surface area contributed by atoms with Gasteiger partial charge in [-0.05, 0) is 19.6 Å². The summed E-state index contributed by atoms with van der Waals surface area (Å²) in [7, 11) is -1.61. The summed E-state index contributed by atoms with van der Waals surface area (Å²) in [6.45, 7) is 5.65. The first-order valence-electron chi connectivity index (χ1n) is 3.44. The molecule has 5 heteroatoms. The van der Waals surface area contributed by atoms with Crippen molar-refractivity contribution in [3.63, 3.8) is 0 Å². The Labute approximate surface area is 110 Å². The molecule has 0 heterocycles. The molecule has 0 saturated heterocycles. The van der Waals surface area contributed by atoms with Gasteiger partial charge in [0.05, 0.1) is 0 Å². The minimum absolute atomic E-state index is 0. The van der Waals surface area contributed by atoms with Crippen molar-refractivity contribution < 1.29 is 51.3 Å². The average Bonchev–Trinajstić information content (AvgIpc) is 2.07. The van der Waals surface area contributed by atoms with Gasteiger partial charge >= 0.3 is 21.7 Å². The molecule has 0 bridgehead atoms. The Morgan fingerprint density at radius 3 is 1.69 bits per heavy atom. The Morgan fingerprint density at radius 2 is 1.62 bits per heavy atom. The second-order valence-electron chi connectivity index (χ2n) is 3.17. The zero-order chi connectivity index (χ0) is 8.04. The van der Waals surface area contributed by atoms with Gasteiger partial charge in [0.15, 0.2) is 8.32 Å². The predicted octanol–water partition coefficient (Wildman–Crippen LogP) is -3.88. The molecule has 1 nitrogen and oxygen atoms in total. The monoisotopic (exact) mass is 273 g/mol. The van der Waals surface area contributed by atoms with E-state index in [-0.39, 0.29) is 46.5 Å². The molecule has 13 heavy (non-hydrogen) atoms. The summed E-state index contributed by atoms with van der Waals surface area (Å²) in [5.74, 6) is 0. The summed E-state index contributed by atoms with van der Waals surface area (Å²) in [4.78, 5) is 8.66. The number of rotatable bonds is 0. The van der Waals surface area contributed by atoms with Crippen LogP contribution in [0.2, 0.25) is 19.6 Å². The van der Waals surface area contributed by atoms with Gasteiger partial charge in [-0.2, -0.15) is 6.08 Å². The van der Waals surface area contributed by atoms with E-state index in [4.69, 9.17) is 4.80 Å². The molecule has 1 rings (SSSR count). The molecule has 75 valence electrons. The van der Waals surface area contributed by atoms with E-state index in [2.05, 4.69) is 12.2 Å². The Hall–Kier alpha value is 0.951. The minimum Gasteiger partial charge on any atom is -1.00 e. The van der Waals surface area contributed by atoms with Gasteiger partial charge in [-0.15, -0.1) is 6.42 Å². The van der Waals surface area contributed by atoms with E-state index in [1.54, 1.807) is 0 Å². The molecule has 0 aromatic heterocycles. The fourth-order valence-corrected chi connectivity index (χ4v) is 0.340. The van der Waals surface area contributed by atoms with Crippen LogP contribution in [0, 0.1) is 6.08 Å². The molecular weight excluding hydrogens is 259 g/mol. The minimum atomic E-state index is -1.61. The van der Waals surface area contributed by atoms with E-state index in [0.717, 1.165) is 6.42 Å². The topological polar surface area (TPSA) is 20.2 Å². The summed E-state index contributed by atoms with van der Waals surface area (Å²) in [5.41, 5.74) is 0. The van der Waals surface area contributed by atoms with Crippen molar-refractivity contribution in [2.75, 3.05) is 0 Å². The van der Waals surface area contributed by atoms with Gasteiger partial charge in [0.2, 0.25) is 0 Å². The zero-order valence-corrected chi connectivity index (χ0v) is 12.2. The second-order valence-corrected chi connectivity index (χ2v) is 7.52. The number of halogens is 2. The zero-order valence-electron chi connectivity index (χ0n) is 8.14. The van der Waals surface area contributed by atoms with Crippen LogP contribution in [0.25, 0.3) is 0 Å². The molecule has 1 radical (unpaired) electrons. The van der Waals surface area contributed by atoms with Gasteiger partial charge in [-0.1, -0.05) is 0 Å². The first-order chi connectivity index (χ1) is 4.50. The fraction of sp³-hybridized carbons (Fsp3) is 0.500. The van der Waals surface area contributed by atoms with E-state index in [0.29, 0.717) is 0 Å². The Balaban J connectivity index is -0.0000000506. The molecule has 0 unspecified atom stereocenters. The van der Waals surface area contributed by atoms with Gasteiger partial charge in [0.1, 0.15) is 0 Å². The molecule has 0 aromatic rings. The molecule has 1 aliphatic rings. The first kappa shape index (κ1) is 23.6. The van der Waals surface area contributed by atoms with Crippen LogP contribution in [0.1, 0.15) is 6.42 Å². The molecule has 1 N–H and O–H groups in total. The van der Waals surface area contributed by atoms with Crippen molar-refractivity contribution in [2.45, 2.75) is 26.1 Å². The van der Waals surface area contributed by atoms with Crippen molar-refractivity contribution in [3.05, 3.63) is 24.3 Å². The van der Waals surface area contributed by atoms with E-state index >= 15 is 0 Å². The maximum Gasteiger partial charge on any atom is 3.00 e. The number of hydrogen-bond acceptors (Lipinski definition) is 1. The third-order valence-electron chi connectivity index (χ3n) is 0.586. The Kier molecular flexibility index (Phi) is 23.5. The van der Waals surface area contributed by atoms with E-state index in [9.17, 15) is 0 Å². The fourth-order valence-electron chi connectivity index (χ4n) is 0.340. The molecule has 0 fully saturated rings. The maximum absolute atomic E-state index is 8.66. The van der Waals surface area contributed by atoms with Crippen molar-refractivity contribution in [1.29, 1.82) is 0 Å². The SMILES string of the molecule is C[Si](C)(C)O.[C-]1=CC=CC1.[Cl-].[Cl-].[Ti+3]. The maximum atomic E-state index is 8.66. The van der Waals surface area contributed by atoms with E-state index in [1.165, 1.54) is 0 Å². The molecule has 0 atom stereocenters. The van der Waals surface area contributed by atoms with Crippen LogP contribution < -0.4 is 24.8 Å². The molecule has 0 amide bonds. The van der Waals surface area contributed by atoms with Crippen LogP contribution in [0.3, 0.4) is 0 Å². The number of allylic oxidation sites excluding steroid dienone is 4. The standard InChI is InChI=1S/C5H5.C3H10OSi.2ClH.Ti/c1-2-4-5-3-1;1-5(2,3)4;;;/h1-3H,4H2;4H,1-3H3;2*1H;/q-1;;;;+3/p-2. The van der Waals surface area contributed by atoms with Crippen LogP contribution in [-0.2, 0) is 21.7 Å².